The summed E-state index contributed by atoms with van der Waals surface area (Å²) in [5.74, 6) is 0.369. The van der Waals surface area contributed by atoms with Gasteiger partial charge in [-0.3, -0.25) is 9.59 Å². The third kappa shape index (κ3) is 1.58. The van der Waals surface area contributed by atoms with Gasteiger partial charge in [0.05, 0.1) is 7.11 Å². The van der Waals surface area contributed by atoms with E-state index in [9.17, 15) is 9.59 Å². The van der Waals surface area contributed by atoms with Crippen molar-refractivity contribution < 1.29 is 14.3 Å². The zero-order valence-corrected chi connectivity index (χ0v) is 10.7. The molecule has 2 aromatic carbocycles. The standard InChI is InChI=1S/C16H12O3/c1-9-4-3-5-12-14(9)16(18)11-7-6-10(19-2)8-13(11)15(12)17/h3-8H,1-2H3. The second-order valence-corrected chi connectivity index (χ2v) is 4.57. The van der Waals surface area contributed by atoms with Crippen LogP contribution in [0.5, 0.6) is 5.75 Å². The van der Waals surface area contributed by atoms with Crippen molar-refractivity contribution in [1.29, 1.82) is 0 Å². The van der Waals surface area contributed by atoms with E-state index in [1.165, 1.54) is 7.11 Å². The van der Waals surface area contributed by atoms with Crippen LogP contribution in [0.1, 0.15) is 37.4 Å². The summed E-state index contributed by atoms with van der Waals surface area (Å²) in [4.78, 5) is 24.9. The molecule has 0 aliphatic heterocycles. The smallest absolute Gasteiger partial charge is 0.194 e. The van der Waals surface area contributed by atoms with Crippen LogP contribution in [0.4, 0.5) is 0 Å². The normalized spacial score (nSPS) is 12.9. The van der Waals surface area contributed by atoms with Crippen molar-refractivity contribution in [3.8, 4) is 5.75 Å². The van der Waals surface area contributed by atoms with Gasteiger partial charge in [0, 0.05) is 22.3 Å². The largest absolute Gasteiger partial charge is 0.497 e. The van der Waals surface area contributed by atoms with E-state index in [1.54, 1.807) is 30.3 Å². The molecule has 0 fully saturated rings. The molecule has 0 radical (unpaired) electrons. The number of ketones is 2. The molecule has 0 amide bonds. The second-order valence-electron chi connectivity index (χ2n) is 4.57. The maximum absolute atomic E-state index is 12.5. The lowest BCUT2D eigenvalue weighted by Gasteiger charge is -2.19. The van der Waals surface area contributed by atoms with Crippen molar-refractivity contribution >= 4 is 11.6 Å². The topological polar surface area (TPSA) is 43.4 Å². The summed E-state index contributed by atoms with van der Waals surface area (Å²) in [7, 11) is 1.54. The molecular weight excluding hydrogens is 240 g/mol. The minimum Gasteiger partial charge on any atom is -0.497 e. The van der Waals surface area contributed by atoms with E-state index in [-0.39, 0.29) is 11.6 Å². The summed E-state index contributed by atoms with van der Waals surface area (Å²) in [6, 6.07) is 10.3. The van der Waals surface area contributed by atoms with Crippen LogP contribution in [0, 0.1) is 6.92 Å². The lowest BCUT2D eigenvalue weighted by Crippen LogP contribution is -2.21. The minimum atomic E-state index is -0.118. The maximum atomic E-state index is 12.5. The van der Waals surface area contributed by atoms with Crippen molar-refractivity contribution in [1.82, 2.24) is 0 Å². The molecule has 0 heterocycles. The number of ether oxygens (including phenoxy) is 1. The van der Waals surface area contributed by atoms with Crippen LogP contribution < -0.4 is 4.74 Å². The SMILES string of the molecule is COc1ccc2c(c1)C(=O)c1cccc(C)c1C2=O. The Balaban J connectivity index is 2.29. The molecule has 19 heavy (non-hydrogen) atoms. The van der Waals surface area contributed by atoms with Gasteiger partial charge in [-0.25, -0.2) is 0 Å². The Bertz CT molecular complexity index is 714. The van der Waals surface area contributed by atoms with Gasteiger partial charge in [0.2, 0.25) is 0 Å². The summed E-state index contributed by atoms with van der Waals surface area (Å²) in [5, 5.41) is 0. The van der Waals surface area contributed by atoms with Crippen LogP contribution in [0.3, 0.4) is 0 Å². The van der Waals surface area contributed by atoms with E-state index in [4.69, 9.17) is 4.74 Å². The first-order valence-corrected chi connectivity index (χ1v) is 6.00. The number of fused-ring (bicyclic) bond motifs is 2. The van der Waals surface area contributed by atoms with Crippen molar-refractivity contribution in [2.45, 2.75) is 6.92 Å². The first-order chi connectivity index (χ1) is 9.13. The average Bonchev–Trinajstić information content (AvgIpc) is 2.44. The molecule has 0 atom stereocenters. The predicted molar refractivity (Wildman–Crippen MR) is 71.0 cm³/mol. The van der Waals surface area contributed by atoms with Gasteiger partial charge in [-0.2, -0.15) is 0 Å². The molecule has 94 valence electrons. The van der Waals surface area contributed by atoms with E-state index >= 15 is 0 Å². The molecule has 0 bridgehead atoms. The number of hydrogen-bond donors (Lipinski definition) is 0. The van der Waals surface area contributed by atoms with Gasteiger partial charge in [-0.15, -0.1) is 0 Å². The Morgan fingerprint density at radius 2 is 1.68 bits per heavy atom. The van der Waals surface area contributed by atoms with Crippen LogP contribution in [0.2, 0.25) is 0 Å². The Labute approximate surface area is 110 Å². The Morgan fingerprint density at radius 3 is 2.42 bits per heavy atom. The van der Waals surface area contributed by atoms with Gasteiger partial charge in [-0.05, 0) is 30.7 Å². The average molecular weight is 252 g/mol. The lowest BCUT2D eigenvalue weighted by molar-refractivity contribution is 0.0978. The van der Waals surface area contributed by atoms with E-state index in [2.05, 4.69) is 0 Å². The number of benzene rings is 2. The highest BCUT2D eigenvalue weighted by atomic mass is 16.5. The van der Waals surface area contributed by atoms with Gasteiger partial charge in [0.25, 0.3) is 0 Å². The van der Waals surface area contributed by atoms with Crippen molar-refractivity contribution in [2.24, 2.45) is 0 Å². The zero-order chi connectivity index (χ0) is 13.6. The molecule has 0 saturated carbocycles. The fraction of sp³-hybridized carbons (Fsp3) is 0.125. The van der Waals surface area contributed by atoms with Crippen LogP contribution in [0.15, 0.2) is 36.4 Å². The highest BCUT2D eigenvalue weighted by molar-refractivity contribution is 6.28. The molecule has 0 N–H and O–H groups in total. The van der Waals surface area contributed by atoms with Gasteiger partial charge in [-0.1, -0.05) is 18.2 Å². The van der Waals surface area contributed by atoms with E-state index in [0.717, 1.165) is 5.56 Å². The summed E-state index contributed by atoms with van der Waals surface area (Å²) in [5.41, 5.74) is 2.70. The number of methoxy groups -OCH3 is 1. The molecule has 0 unspecified atom stereocenters. The van der Waals surface area contributed by atoms with Crippen LogP contribution in [0.25, 0.3) is 0 Å². The number of carbonyl (C=O) groups is 2. The molecule has 3 nitrogen and oxygen atoms in total. The van der Waals surface area contributed by atoms with Crippen LogP contribution in [-0.4, -0.2) is 18.7 Å². The molecule has 3 heteroatoms. The van der Waals surface area contributed by atoms with Crippen molar-refractivity contribution in [3.05, 3.63) is 64.2 Å². The molecule has 1 aliphatic rings. The van der Waals surface area contributed by atoms with Crippen molar-refractivity contribution in [3.63, 3.8) is 0 Å². The number of hydrogen-bond acceptors (Lipinski definition) is 3. The maximum Gasteiger partial charge on any atom is 0.194 e. The minimum absolute atomic E-state index is 0.0923. The zero-order valence-electron chi connectivity index (χ0n) is 10.7. The monoisotopic (exact) mass is 252 g/mol. The third-order valence-corrected chi connectivity index (χ3v) is 3.46. The molecule has 1 aliphatic carbocycles. The van der Waals surface area contributed by atoms with Gasteiger partial charge in [0.15, 0.2) is 11.6 Å². The molecule has 0 aromatic heterocycles. The van der Waals surface area contributed by atoms with E-state index in [1.807, 2.05) is 13.0 Å². The van der Waals surface area contributed by atoms with Crippen LogP contribution >= 0.6 is 0 Å². The first kappa shape index (κ1) is 11.7. The highest BCUT2D eigenvalue weighted by Gasteiger charge is 2.30. The highest BCUT2D eigenvalue weighted by Crippen LogP contribution is 2.31. The van der Waals surface area contributed by atoms with Crippen LogP contribution in [-0.2, 0) is 0 Å². The van der Waals surface area contributed by atoms with E-state index in [0.29, 0.717) is 28.0 Å². The lowest BCUT2D eigenvalue weighted by atomic mass is 9.82. The molecule has 0 saturated heterocycles. The van der Waals surface area contributed by atoms with E-state index < -0.39 is 0 Å². The third-order valence-electron chi connectivity index (χ3n) is 3.46. The fourth-order valence-corrected chi connectivity index (χ4v) is 2.47. The Hall–Kier alpha value is -2.42. The molecule has 2 aromatic rings. The fourth-order valence-electron chi connectivity index (χ4n) is 2.47. The molecular formula is C16H12O3. The quantitative estimate of drug-likeness (QED) is 0.669. The number of rotatable bonds is 1. The predicted octanol–water partition coefficient (Wildman–Crippen LogP) is 2.78. The molecule has 0 spiro atoms. The number of carbonyl (C=O) groups excluding carboxylic acids is 2. The first-order valence-electron chi connectivity index (χ1n) is 6.00. The summed E-state index contributed by atoms with van der Waals surface area (Å²) < 4.78 is 5.11. The number of aryl methyl sites for hydroxylation is 1. The Morgan fingerprint density at radius 1 is 0.895 bits per heavy atom. The summed E-state index contributed by atoms with van der Waals surface area (Å²) in [6.07, 6.45) is 0. The second kappa shape index (κ2) is 4.05. The van der Waals surface area contributed by atoms with Gasteiger partial charge in [0.1, 0.15) is 5.75 Å². The summed E-state index contributed by atoms with van der Waals surface area (Å²) >= 11 is 0. The van der Waals surface area contributed by atoms with Gasteiger partial charge >= 0.3 is 0 Å². The van der Waals surface area contributed by atoms with Gasteiger partial charge < -0.3 is 4.74 Å². The Kier molecular flexibility index (Phi) is 2.49. The van der Waals surface area contributed by atoms with Crippen molar-refractivity contribution in [2.75, 3.05) is 7.11 Å². The summed E-state index contributed by atoms with van der Waals surface area (Å²) in [6.45, 7) is 1.85. The molecule has 3 rings (SSSR count).